The van der Waals surface area contributed by atoms with E-state index in [1.165, 1.54) is 7.11 Å². The van der Waals surface area contributed by atoms with Gasteiger partial charge in [-0.2, -0.15) is 18.7 Å². The van der Waals surface area contributed by atoms with Gasteiger partial charge in [0.1, 0.15) is 5.75 Å². The summed E-state index contributed by atoms with van der Waals surface area (Å²) in [7, 11) is 1.31. The van der Waals surface area contributed by atoms with Gasteiger partial charge in [0.15, 0.2) is 0 Å². The van der Waals surface area contributed by atoms with E-state index in [2.05, 4.69) is 10.3 Å². The van der Waals surface area contributed by atoms with Crippen LogP contribution < -0.4 is 5.48 Å². The number of benzene rings is 1. The van der Waals surface area contributed by atoms with Gasteiger partial charge in [-0.1, -0.05) is 11.6 Å². The quantitative estimate of drug-likeness (QED) is 0.816. The van der Waals surface area contributed by atoms with Gasteiger partial charge in [0.2, 0.25) is 0 Å². The lowest BCUT2D eigenvalue weighted by atomic mass is 10.1. The lowest BCUT2D eigenvalue weighted by Crippen LogP contribution is -2.13. The number of nitrogens with one attached hydrogen (secondary N) is 1. The van der Waals surface area contributed by atoms with E-state index >= 15 is 0 Å². The lowest BCUT2D eigenvalue weighted by Gasteiger charge is -2.12. The molecule has 0 aliphatic heterocycles. The average molecular weight is 256 g/mol. The fourth-order valence-corrected chi connectivity index (χ4v) is 1.34. The monoisotopic (exact) mass is 255 g/mol. The predicted octanol–water partition coefficient (Wildman–Crippen LogP) is 2.72. The van der Waals surface area contributed by atoms with Crippen LogP contribution in [-0.4, -0.2) is 12.2 Å². The van der Waals surface area contributed by atoms with E-state index < -0.39 is 11.7 Å². The van der Waals surface area contributed by atoms with Crippen LogP contribution in [-0.2, 0) is 17.6 Å². The van der Waals surface area contributed by atoms with E-state index in [9.17, 15) is 18.3 Å². The van der Waals surface area contributed by atoms with Crippen LogP contribution in [0.3, 0.4) is 0 Å². The SMILES string of the molecule is CONCc1cc(C(F)(F)F)cc(Cl)c1O. The predicted molar refractivity (Wildman–Crippen MR) is 52.0 cm³/mol. The second-order valence-electron chi connectivity index (χ2n) is 2.99. The Balaban J connectivity index is 3.12. The van der Waals surface area contributed by atoms with E-state index in [0.717, 1.165) is 6.07 Å². The maximum absolute atomic E-state index is 12.4. The lowest BCUT2D eigenvalue weighted by molar-refractivity contribution is -0.137. The zero-order valence-electron chi connectivity index (χ0n) is 8.23. The highest BCUT2D eigenvalue weighted by Crippen LogP contribution is 2.36. The van der Waals surface area contributed by atoms with Crippen molar-refractivity contribution in [3.8, 4) is 5.75 Å². The van der Waals surface area contributed by atoms with Crippen molar-refractivity contribution >= 4 is 11.6 Å². The summed E-state index contributed by atoms with van der Waals surface area (Å²) >= 11 is 5.49. The first-order valence-corrected chi connectivity index (χ1v) is 4.58. The van der Waals surface area contributed by atoms with Crippen molar-refractivity contribution in [3.05, 3.63) is 28.3 Å². The first-order valence-electron chi connectivity index (χ1n) is 4.20. The summed E-state index contributed by atoms with van der Waals surface area (Å²) in [6, 6.07) is 1.49. The third kappa shape index (κ3) is 3.01. The zero-order valence-corrected chi connectivity index (χ0v) is 8.99. The minimum atomic E-state index is -4.50. The van der Waals surface area contributed by atoms with Gasteiger partial charge in [-0.25, -0.2) is 0 Å². The van der Waals surface area contributed by atoms with Crippen molar-refractivity contribution in [1.29, 1.82) is 0 Å². The first kappa shape index (κ1) is 13.1. The van der Waals surface area contributed by atoms with Crippen molar-refractivity contribution in [2.24, 2.45) is 0 Å². The second kappa shape index (κ2) is 4.90. The van der Waals surface area contributed by atoms with E-state index in [0.29, 0.717) is 6.07 Å². The van der Waals surface area contributed by atoms with E-state index in [1.54, 1.807) is 0 Å². The molecule has 0 unspecified atom stereocenters. The molecule has 7 heteroatoms. The summed E-state index contributed by atoms with van der Waals surface area (Å²) in [5, 5.41) is 9.07. The molecule has 0 aliphatic rings. The van der Waals surface area contributed by atoms with E-state index in [1.807, 2.05) is 0 Å². The fourth-order valence-electron chi connectivity index (χ4n) is 1.10. The molecule has 3 nitrogen and oxygen atoms in total. The van der Waals surface area contributed by atoms with Gasteiger partial charge in [0, 0.05) is 12.1 Å². The van der Waals surface area contributed by atoms with Crippen molar-refractivity contribution < 1.29 is 23.1 Å². The molecule has 0 fully saturated rings. The maximum Gasteiger partial charge on any atom is 0.416 e. The Kier molecular flexibility index (Phi) is 4.01. The minimum Gasteiger partial charge on any atom is -0.506 e. The van der Waals surface area contributed by atoms with Crippen LogP contribution in [0.5, 0.6) is 5.75 Å². The molecular weight excluding hydrogens is 247 g/mol. The fraction of sp³-hybridized carbons (Fsp3) is 0.333. The summed E-state index contributed by atoms with van der Waals surface area (Å²) in [5.74, 6) is -0.390. The highest BCUT2D eigenvalue weighted by atomic mass is 35.5. The molecule has 0 spiro atoms. The maximum atomic E-state index is 12.4. The molecule has 1 aromatic carbocycles. The highest BCUT2D eigenvalue weighted by Gasteiger charge is 2.32. The summed E-state index contributed by atoms with van der Waals surface area (Å²) in [5.41, 5.74) is 1.43. The van der Waals surface area contributed by atoms with Gasteiger partial charge >= 0.3 is 6.18 Å². The third-order valence-corrected chi connectivity index (χ3v) is 2.16. The standard InChI is InChI=1S/C9H9ClF3NO2/c1-16-14-4-5-2-6(9(11,12)13)3-7(10)8(5)15/h2-3,14-15H,4H2,1H3. The molecule has 0 radical (unpaired) electrons. The van der Waals surface area contributed by atoms with Crippen LogP contribution in [0.1, 0.15) is 11.1 Å². The van der Waals surface area contributed by atoms with Gasteiger partial charge < -0.3 is 9.94 Å². The number of phenols is 1. The molecule has 0 atom stereocenters. The molecule has 1 rings (SSSR count). The van der Waals surface area contributed by atoms with Crippen LogP contribution in [0.25, 0.3) is 0 Å². The molecule has 0 amide bonds. The Bertz CT molecular complexity index is 382. The Morgan fingerprint density at radius 3 is 2.56 bits per heavy atom. The summed E-state index contributed by atoms with van der Waals surface area (Å²) in [6.45, 7) is -0.0774. The first-order chi connectivity index (χ1) is 7.36. The molecule has 16 heavy (non-hydrogen) atoms. The van der Waals surface area contributed by atoms with Crippen LogP contribution >= 0.6 is 11.6 Å². The Morgan fingerprint density at radius 1 is 1.44 bits per heavy atom. The van der Waals surface area contributed by atoms with E-state index in [4.69, 9.17) is 11.6 Å². The van der Waals surface area contributed by atoms with Gasteiger partial charge in [-0.05, 0) is 12.1 Å². The number of alkyl halides is 3. The van der Waals surface area contributed by atoms with Gasteiger partial charge in [0.05, 0.1) is 17.7 Å². The average Bonchev–Trinajstić information content (AvgIpc) is 2.18. The molecule has 0 heterocycles. The third-order valence-electron chi connectivity index (χ3n) is 1.88. The molecule has 0 bridgehead atoms. The summed E-state index contributed by atoms with van der Waals surface area (Å²) in [6.07, 6.45) is -4.50. The molecular formula is C9H9ClF3NO2. The minimum absolute atomic E-state index is 0.0154. The van der Waals surface area contributed by atoms with Crippen molar-refractivity contribution in [2.45, 2.75) is 12.7 Å². The Morgan fingerprint density at radius 2 is 2.06 bits per heavy atom. The molecule has 90 valence electrons. The number of hydrogen-bond donors (Lipinski definition) is 2. The van der Waals surface area contributed by atoms with Crippen LogP contribution in [0.2, 0.25) is 5.02 Å². The van der Waals surface area contributed by atoms with Gasteiger partial charge in [0.25, 0.3) is 0 Å². The van der Waals surface area contributed by atoms with Crippen molar-refractivity contribution in [2.75, 3.05) is 7.11 Å². The van der Waals surface area contributed by atoms with Crippen LogP contribution in [0.15, 0.2) is 12.1 Å². The van der Waals surface area contributed by atoms with Crippen LogP contribution in [0.4, 0.5) is 13.2 Å². The van der Waals surface area contributed by atoms with Crippen molar-refractivity contribution in [1.82, 2.24) is 5.48 Å². The smallest absolute Gasteiger partial charge is 0.416 e. The van der Waals surface area contributed by atoms with Gasteiger partial charge in [-0.15, -0.1) is 0 Å². The van der Waals surface area contributed by atoms with Crippen LogP contribution in [0, 0.1) is 0 Å². The molecule has 1 aromatic rings. The Hall–Kier alpha value is -0.980. The number of aromatic hydroxyl groups is 1. The molecule has 0 saturated heterocycles. The zero-order chi connectivity index (χ0) is 12.3. The largest absolute Gasteiger partial charge is 0.506 e. The number of hydroxylamine groups is 1. The second-order valence-corrected chi connectivity index (χ2v) is 3.40. The molecule has 0 aromatic heterocycles. The van der Waals surface area contributed by atoms with Gasteiger partial charge in [-0.3, -0.25) is 0 Å². The number of hydrogen-bond acceptors (Lipinski definition) is 3. The summed E-state index contributed by atoms with van der Waals surface area (Å²) in [4.78, 5) is 4.48. The molecule has 0 aliphatic carbocycles. The number of halogens is 4. The summed E-state index contributed by atoms with van der Waals surface area (Å²) < 4.78 is 37.2. The van der Waals surface area contributed by atoms with E-state index in [-0.39, 0.29) is 22.9 Å². The number of phenolic OH excluding ortho intramolecular Hbond substituents is 1. The highest BCUT2D eigenvalue weighted by molar-refractivity contribution is 6.32. The normalized spacial score (nSPS) is 11.8. The Labute approximate surface area is 94.7 Å². The topological polar surface area (TPSA) is 41.5 Å². The van der Waals surface area contributed by atoms with Crippen molar-refractivity contribution in [3.63, 3.8) is 0 Å². The number of rotatable bonds is 3. The molecule has 2 N–H and O–H groups in total. The molecule has 0 saturated carbocycles.